The van der Waals surface area contributed by atoms with Gasteiger partial charge < -0.3 is 4.57 Å². The van der Waals surface area contributed by atoms with Crippen molar-refractivity contribution in [1.82, 2.24) is 4.57 Å². The molecule has 1 heterocycles. The number of nitriles is 1. The van der Waals surface area contributed by atoms with E-state index in [9.17, 15) is 5.26 Å². The Kier molecular flexibility index (Phi) is 5.17. The molecule has 0 spiro atoms. The fourth-order valence-electron chi connectivity index (χ4n) is 6.26. The van der Waals surface area contributed by atoms with E-state index in [1.165, 1.54) is 38.5 Å². The molecular weight excluding hydrogens is 438 g/mol. The summed E-state index contributed by atoms with van der Waals surface area (Å²) in [5, 5.41) is 12.0. The summed E-state index contributed by atoms with van der Waals surface area (Å²) in [4.78, 5) is 3.49. The first-order chi connectivity index (χ1) is 17.5. The van der Waals surface area contributed by atoms with Gasteiger partial charge in [0.1, 0.15) is 0 Å². The van der Waals surface area contributed by atoms with Gasteiger partial charge in [0, 0.05) is 16.5 Å². The van der Waals surface area contributed by atoms with Crippen molar-refractivity contribution < 1.29 is 0 Å². The predicted octanol–water partition coefficient (Wildman–Crippen LogP) is 8.63. The number of fused-ring (bicyclic) bond motifs is 4. The fourth-order valence-corrected chi connectivity index (χ4v) is 6.26. The highest BCUT2D eigenvalue weighted by molar-refractivity contribution is 6.09. The molecule has 4 aromatic rings. The van der Waals surface area contributed by atoms with Gasteiger partial charge in [-0.3, -0.25) is 0 Å². The molecule has 0 bridgehead atoms. The second-order valence-corrected chi connectivity index (χ2v) is 10.6. The van der Waals surface area contributed by atoms with E-state index in [0.29, 0.717) is 5.92 Å². The van der Waals surface area contributed by atoms with Gasteiger partial charge in [-0.2, -0.15) is 0 Å². The van der Waals surface area contributed by atoms with Crippen molar-refractivity contribution in [2.45, 2.75) is 33.1 Å². The predicted molar refractivity (Wildman–Crippen MR) is 147 cm³/mol. The van der Waals surface area contributed by atoms with E-state index in [2.05, 4.69) is 114 Å². The number of aromatic nitrogens is 1. The van der Waals surface area contributed by atoms with Crippen molar-refractivity contribution >= 4 is 27.4 Å². The molecule has 1 unspecified atom stereocenters. The Bertz CT molecular complexity index is 1620. The number of allylic oxidation sites excluding steroid dienone is 6. The highest BCUT2D eigenvalue weighted by Crippen LogP contribution is 2.50. The van der Waals surface area contributed by atoms with Crippen molar-refractivity contribution in [1.29, 1.82) is 5.26 Å². The third kappa shape index (κ3) is 3.48. The van der Waals surface area contributed by atoms with E-state index in [0.717, 1.165) is 30.5 Å². The summed E-state index contributed by atoms with van der Waals surface area (Å²) in [6.45, 7) is 11.9. The summed E-state index contributed by atoms with van der Waals surface area (Å²) in [6, 6.07) is 28.2. The van der Waals surface area contributed by atoms with E-state index >= 15 is 0 Å². The number of para-hydroxylation sites is 2. The maximum Gasteiger partial charge on any atom is 0.265 e. The van der Waals surface area contributed by atoms with Crippen LogP contribution in [0.1, 0.15) is 38.7 Å². The van der Waals surface area contributed by atoms with Gasteiger partial charge in [-0.15, -0.1) is 0 Å². The fraction of sp³-hybridized carbons (Fsp3) is 0.212. The molecular formula is C33H27N3. The Morgan fingerprint density at radius 1 is 0.944 bits per heavy atom. The SMILES string of the molecule is [C-]#[N+]/C(C#N)=C1\C=C2C=C(c3ccc(-n4c5ccccc5c5ccccc54)cc3)CCC2C(C)(C)C1. The molecule has 0 radical (unpaired) electrons. The molecule has 3 aromatic carbocycles. The lowest BCUT2D eigenvalue weighted by Gasteiger charge is -2.42. The van der Waals surface area contributed by atoms with E-state index in [-0.39, 0.29) is 11.1 Å². The largest absolute Gasteiger partial charge is 0.309 e. The average Bonchev–Trinajstić information content (AvgIpc) is 3.23. The Labute approximate surface area is 212 Å². The zero-order valence-electron chi connectivity index (χ0n) is 20.6. The van der Waals surface area contributed by atoms with Gasteiger partial charge in [0.15, 0.2) is 0 Å². The van der Waals surface area contributed by atoms with Crippen LogP contribution in [-0.2, 0) is 0 Å². The van der Waals surface area contributed by atoms with Gasteiger partial charge >= 0.3 is 0 Å². The molecule has 2 aliphatic rings. The zero-order chi connectivity index (χ0) is 24.9. The standard InChI is InChI=1S/C33H27N3/c1-33(2)20-25(30(21-34)35-3)19-24-18-23(14-17-29(24)33)22-12-15-26(16-13-22)36-31-10-6-4-8-27(31)28-9-5-7-11-32(28)36/h4-13,15-16,18-19,29H,14,17,20H2,1-2H3/b30-25+. The Morgan fingerprint density at radius 2 is 1.58 bits per heavy atom. The summed E-state index contributed by atoms with van der Waals surface area (Å²) in [5.74, 6) is 0.451. The molecule has 0 saturated heterocycles. The minimum atomic E-state index is 0.0363. The topological polar surface area (TPSA) is 33.1 Å². The lowest BCUT2D eigenvalue weighted by Crippen LogP contribution is -2.31. The summed E-state index contributed by atoms with van der Waals surface area (Å²) >= 11 is 0. The number of nitrogens with zero attached hydrogens (tertiary/aromatic N) is 3. The molecule has 174 valence electrons. The minimum Gasteiger partial charge on any atom is -0.309 e. The first kappa shape index (κ1) is 22.1. The molecule has 3 heteroatoms. The highest BCUT2D eigenvalue weighted by atomic mass is 15.0. The third-order valence-corrected chi connectivity index (χ3v) is 7.97. The van der Waals surface area contributed by atoms with Gasteiger partial charge in [0.05, 0.1) is 23.7 Å². The first-order valence-corrected chi connectivity index (χ1v) is 12.5. The van der Waals surface area contributed by atoms with Crippen molar-refractivity contribution in [3.05, 3.63) is 119 Å². The Morgan fingerprint density at radius 3 is 2.19 bits per heavy atom. The monoisotopic (exact) mass is 465 g/mol. The molecule has 1 atom stereocenters. The van der Waals surface area contributed by atoms with Gasteiger partial charge in [0.2, 0.25) is 0 Å². The van der Waals surface area contributed by atoms with Crippen LogP contribution in [0.4, 0.5) is 0 Å². The Balaban J connectivity index is 1.41. The quantitative estimate of drug-likeness (QED) is 0.215. The summed E-state index contributed by atoms with van der Waals surface area (Å²) in [5.41, 5.74) is 8.54. The molecule has 36 heavy (non-hydrogen) atoms. The number of hydrogen-bond donors (Lipinski definition) is 0. The van der Waals surface area contributed by atoms with Crippen LogP contribution in [0.2, 0.25) is 0 Å². The molecule has 0 aliphatic heterocycles. The van der Waals surface area contributed by atoms with E-state index in [1.807, 2.05) is 0 Å². The number of benzene rings is 3. The van der Waals surface area contributed by atoms with E-state index < -0.39 is 0 Å². The molecule has 2 aliphatic carbocycles. The second kappa shape index (κ2) is 8.40. The smallest absolute Gasteiger partial charge is 0.265 e. The van der Waals surface area contributed by atoms with Crippen molar-refractivity contribution in [2.24, 2.45) is 11.3 Å². The van der Waals surface area contributed by atoms with Gasteiger partial charge in [0.25, 0.3) is 5.70 Å². The molecule has 0 N–H and O–H groups in total. The molecule has 3 nitrogen and oxygen atoms in total. The van der Waals surface area contributed by atoms with Crippen LogP contribution in [0, 0.1) is 29.2 Å². The lowest BCUT2D eigenvalue weighted by atomic mass is 9.62. The molecule has 0 amide bonds. The van der Waals surface area contributed by atoms with Gasteiger partial charge in [-0.25, -0.2) is 10.1 Å². The maximum absolute atomic E-state index is 9.44. The van der Waals surface area contributed by atoms with Crippen LogP contribution in [0.15, 0.2) is 102 Å². The first-order valence-electron chi connectivity index (χ1n) is 12.5. The van der Waals surface area contributed by atoms with Crippen LogP contribution in [0.3, 0.4) is 0 Å². The summed E-state index contributed by atoms with van der Waals surface area (Å²) < 4.78 is 2.34. The van der Waals surface area contributed by atoms with Crippen LogP contribution >= 0.6 is 0 Å². The van der Waals surface area contributed by atoms with Gasteiger partial charge in [-0.05, 0) is 77.1 Å². The second-order valence-electron chi connectivity index (χ2n) is 10.6. The maximum atomic E-state index is 9.44. The Hall–Kier alpha value is -4.34. The van der Waals surface area contributed by atoms with Gasteiger partial charge in [-0.1, -0.05) is 74.5 Å². The van der Waals surface area contributed by atoms with Crippen LogP contribution in [0.5, 0.6) is 0 Å². The zero-order valence-corrected chi connectivity index (χ0v) is 20.6. The molecule has 1 aromatic heterocycles. The molecule has 0 fully saturated rings. The van der Waals surface area contributed by atoms with Crippen LogP contribution in [-0.4, -0.2) is 4.57 Å². The highest BCUT2D eigenvalue weighted by Gasteiger charge is 2.38. The molecule has 6 rings (SSSR count). The summed E-state index contributed by atoms with van der Waals surface area (Å²) in [7, 11) is 0. The van der Waals surface area contributed by atoms with Crippen LogP contribution in [0.25, 0.3) is 37.9 Å². The normalized spacial score (nSPS) is 20.2. The number of rotatable bonds is 2. The van der Waals surface area contributed by atoms with Crippen molar-refractivity contribution in [3.63, 3.8) is 0 Å². The average molecular weight is 466 g/mol. The summed E-state index contributed by atoms with van der Waals surface area (Å²) in [6.07, 6.45) is 7.32. The van der Waals surface area contributed by atoms with E-state index in [4.69, 9.17) is 6.57 Å². The minimum absolute atomic E-state index is 0.0363. The van der Waals surface area contributed by atoms with Crippen molar-refractivity contribution in [2.75, 3.05) is 0 Å². The van der Waals surface area contributed by atoms with Crippen molar-refractivity contribution in [3.8, 4) is 11.8 Å². The van der Waals surface area contributed by atoms with E-state index in [1.54, 1.807) is 0 Å². The van der Waals surface area contributed by atoms with Crippen LogP contribution < -0.4 is 0 Å². The third-order valence-electron chi connectivity index (χ3n) is 7.97. The number of hydrogen-bond acceptors (Lipinski definition) is 1. The molecule has 0 saturated carbocycles. The lowest BCUT2D eigenvalue weighted by molar-refractivity contribution is 0.227.